The molecule has 0 radical (unpaired) electrons. The molecule has 1 N–H and O–H groups in total. The summed E-state index contributed by atoms with van der Waals surface area (Å²) in [5, 5.41) is 10.9. The molecule has 2 aromatic heterocycles. The monoisotopic (exact) mass is 652 g/mol. The highest BCUT2D eigenvalue weighted by molar-refractivity contribution is 7.99. The third-order valence-electron chi connectivity index (χ3n) is 9.72. The summed E-state index contributed by atoms with van der Waals surface area (Å²) in [6.07, 6.45) is 6.59. The van der Waals surface area contributed by atoms with Crippen molar-refractivity contribution < 1.29 is 18.6 Å². The Morgan fingerprint density at radius 1 is 1.06 bits per heavy atom. The number of pyridine rings is 1. The molecule has 3 aliphatic rings. The lowest BCUT2D eigenvalue weighted by Gasteiger charge is -2.29. The van der Waals surface area contributed by atoms with Crippen molar-refractivity contribution in [3.05, 3.63) is 77.2 Å². The summed E-state index contributed by atoms with van der Waals surface area (Å²) >= 11 is 1.68. The van der Waals surface area contributed by atoms with Crippen LogP contribution in [0.4, 0.5) is 4.39 Å². The fraction of sp³-hybridized carbons (Fsp3) is 0.421. The molecule has 2 atom stereocenters. The largest absolute Gasteiger partial charge is 0.487 e. The summed E-state index contributed by atoms with van der Waals surface area (Å²) < 4.78 is 37.9. The van der Waals surface area contributed by atoms with Crippen LogP contribution in [0.3, 0.4) is 0 Å². The minimum absolute atomic E-state index is 0.106. The number of ether oxygens (including phenoxy) is 3. The molecular weight excluding hydrogens is 612 g/mol. The van der Waals surface area contributed by atoms with Gasteiger partial charge in [-0.3, -0.25) is 0 Å². The maximum atomic E-state index is 16.2. The van der Waals surface area contributed by atoms with Crippen molar-refractivity contribution in [3.63, 3.8) is 0 Å². The van der Waals surface area contributed by atoms with Gasteiger partial charge in [-0.2, -0.15) is 5.10 Å². The Hall–Kier alpha value is -3.66. The molecule has 3 aromatic carbocycles. The predicted octanol–water partition coefficient (Wildman–Crippen LogP) is 8.88. The van der Waals surface area contributed by atoms with E-state index in [1.807, 2.05) is 36.0 Å². The van der Waals surface area contributed by atoms with E-state index in [1.54, 1.807) is 17.8 Å². The molecule has 2 saturated heterocycles. The van der Waals surface area contributed by atoms with Crippen LogP contribution in [-0.4, -0.2) is 46.3 Å². The molecule has 0 spiro atoms. The Kier molecular flexibility index (Phi) is 8.32. The number of hydrogen-bond acceptors (Lipinski definition) is 7. The lowest BCUT2D eigenvalue weighted by atomic mass is 9.88. The number of aromatic nitrogens is 3. The highest BCUT2D eigenvalue weighted by Crippen LogP contribution is 2.54. The van der Waals surface area contributed by atoms with E-state index in [2.05, 4.69) is 43.4 Å². The van der Waals surface area contributed by atoms with Gasteiger partial charge in [0.25, 0.3) is 0 Å². The molecule has 4 heterocycles. The number of thioether (sulfide) groups is 1. The van der Waals surface area contributed by atoms with Gasteiger partial charge >= 0.3 is 0 Å². The second-order valence-electron chi connectivity index (χ2n) is 13.0. The van der Waals surface area contributed by atoms with Crippen LogP contribution in [0.25, 0.3) is 32.9 Å². The molecule has 2 aliphatic heterocycles. The normalized spacial score (nSPS) is 19.2. The third kappa shape index (κ3) is 5.76. The molecule has 5 aromatic rings. The number of halogens is 1. The SMILES string of the molecule is CCSc1cc(OC2CNC2)c2cc(C3CC3)c(-c3c(C)c(F)cc4c3cnn4C3CCCCO3)c(O[C@@H](C)c3ccccc3)c2n1. The molecule has 47 heavy (non-hydrogen) atoms. The minimum Gasteiger partial charge on any atom is -0.487 e. The standard InChI is InChI=1S/C38H41FN4O3S/c1-4-47-33-18-32(46-26-19-40-20-26)28-16-27(25-13-14-25)36(38(37(28)42-33)45-23(3)24-10-6-5-7-11-24)35-22(2)30(39)17-31-29(35)21-41-43(31)34-12-8-9-15-44-34/h5-7,10-11,16-18,21,23,25-26,34,40H,4,8-9,12-15,19-20H2,1-3H3/t23-,34?/m0/s1. The summed E-state index contributed by atoms with van der Waals surface area (Å²) in [5.74, 6) is 2.44. The van der Waals surface area contributed by atoms with Crippen LogP contribution in [-0.2, 0) is 4.74 Å². The van der Waals surface area contributed by atoms with Crippen LogP contribution < -0.4 is 14.8 Å². The second-order valence-corrected chi connectivity index (χ2v) is 14.3. The van der Waals surface area contributed by atoms with Crippen molar-refractivity contribution in [3.8, 4) is 22.6 Å². The summed E-state index contributed by atoms with van der Waals surface area (Å²) in [5.41, 5.74) is 6.01. The Morgan fingerprint density at radius 3 is 2.60 bits per heavy atom. The van der Waals surface area contributed by atoms with Gasteiger partial charge in [-0.15, -0.1) is 11.8 Å². The van der Waals surface area contributed by atoms with E-state index in [0.717, 1.165) is 106 Å². The zero-order chi connectivity index (χ0) is 32.1. The second kappa shape index (κ2) is 12.7. The average molecular weight is 653 g/mol. The van der Waals surface area contributed by atoms with Gasteiger partial charge in [0.1, 0.15) is 34.3 Å². The molecule has 3 fully saturated rings. The third-order valence-corrected chi connectivity index (χ3v) is 10.5. The van der Waals surface area contributed by atoms with Crippen molar-refractivity contribution in [2.24, 2.45) is 0 Å². The fourth-order valence-electron chi connectivity index (χ4n) is 6.93. The highest BCUT2D eigenvalue weighted by Gasteiger charge is 2.34. The summed E-state index contributed by atoms with van der Waals surface area (Å²) in [4.78, 5) is 5.25. The highest BCUT2D eigenvalue weighted by atomic mass is 32.2. The van der Waals surface area contributed by atoms with Gasteiger partial charge in [0.2, 0.25) is 0 Å². The first-order chi connectivity index (χ1) is 23.0. The molecule has 7 nitrogen and oxygen atoms in total. The number of rotatable bonds is 10. The lowest BCUT2D eigenvalue weighted by Crippen LogP contribution is -2.50. The molecule has 1 saturated carbocycles. The van der Waals surface area contributed by atoms with Crippen LogP contribution in [0.1, 0.15) is 80.9 Å². The van der Waals surface area contributed by atoms with Gasteiger partial charge in [-0.05, 0) is 80.4 Å². The van der Waals surface area contributed by atoms with E-state index in [1.165, 1.54) is 0 Å². The number of nitrogens with zero attached hydrogens (tertiary/aromatic N) is 3. The summed E-state index contributed by atoms with van der Waals surface area (Å²) in [7, 11) is 0. The maximum Gasteiger partial charge on any atom is 0.154 e. The molecule has 0 bridgehead atoms. The van der Waals surface area contributed by atoms with Gasteiger partial charge < -0.3 is 19.5 Å². The Bertz CT molecular complexity index is 1930. The summed E-state index contributed by atoms with van der Waals surface area (Å²) in [6, 6.07) is 16.2. The van der Waals surface area contributed by atoms with Crippen molar-refractivity contribution in [2.75, 3.05) is 25.4 Å². The average Bonchev–Trinajstić information content (AvgIpc) is 3.84. The van der Waals surface area contributed by atoms with E-state index >= 15 is 4.39 Å². The van der Waals surface area contributed by atoms with Crippen LogP contribution in [0.15, 0.2) is 59.8 Å². The first-order valence-corrected chi connectivity index (χ1v) is 18.0. The zero-order valence-electron chi connectivity index (χ0n) is 27.2. The smallest absolute Gasteiger partial charge is 0.154 e. The van der Waals surface area contributed by atoms with Gasteiger partial charge in [0.05, 0.1) is 11.7 Å². The van der Waals surface area contributed by atoms with E-state index < -0.39 is 0 Å². The zero-order valence-corrected chi connectivity index (χ0v) is 28.0. The first-order valence-electron chi connectivity index (χ1n) is 17.0. The number of benzene rings is 3. The van der Waals surface area contributed by atoms with E-state index in [-0.39, 0.29) is 24.3 Å². The lowest BCUT2D eigenvalue weighted by molar-refractivity contribution is -0.0366. The molecule has 1 aliphatic carbocycles. The number of fused-ring (bicyclic) bond motifs is 2. The molecule has 0 amide bonds. The van der Waals surface area contributed by atoms with Crippen LogP contribution in [0, 0.1) is 12.7 Å². The molecule has 9 heteroatoms. The number of hydrogen-bond donors (Lipinski definition) is 1. The predicted molar refractivity (Wildman–Crippen MR) is 185 cm³/mol. The molecule has 8 rings (SSSR count). The Morgan fingerprint density at radius 2 is 1.89 bits per heavy atom. The molecule has 244 valence electrons. The molecular formula is C38H41FN4O3S. The van der Waals surface area contributed by atoms with Crippen molar-refractivity contribution in [1.29, 1.82) is 0 Å². The van der Waals surface area contributed by atoms with Crippen LogP contribution >= 0.6 is 11.8 Å². The van der Waals surface area contributed by atoms with Gasteiger partial charge in [0.15, 0.2) is 12.0 Å². The van der Waals surface area contributed by atoms with Crippen LogP contribution in [0.2, 0.25) is 0 Å². The first kappa shape index (κ1) is 30.7. The van der Waals surface area contributed by atoms with Crippen LogP contribution in [0.5, 0.6) is 11.5 Å². The summed E-state index contributed by atoms with van der Waals surface area (Å²) in [6.45, 7) is 8.39. The fourth-order valence-corrected chi connectivity index (χ4v) is 7.57. The maximum absolute atomic E-state index is 16.2. The number of nitrogens with one attached hydrogen (secondary N) is 1. The minimum atomic E-state index is -0.278. The van der Waals surface area contributed by atoms with E-state index in [9.17, 15) is 0 Å². The quantitative estimate of drug-likeness (QED) is 0.151. The van der Waals surface area contributed by atoms with Gasteiger partial charge in [0, 0.05) is 53.7 Å². The topological polar surface area (TPSA) is 70.4 Å². The van der Waals surface area contributed by atoms with Crippen molar-refractivity contribution in [2.45, 2.75) is 82.3 Å². The molecule has 1 unspecified atom stereocenters. The van der Waals surface area contributed by atoms with Gasteiger partial charge in [-0.1, -0.05) is 37.3 Å². The van der Waals surface area contributed by atoms with E-state index in [0.29, 0.717) is 23.8 Å². The Labute approximate surface area is 279 Å². The Balaban J connectivity index is 1.42. The van der Waals surface area contributed by atoms with Crippen molar-refractivity contribution >= 4 is 33.6 Å². The van der Waals surface area contributed by atoms with E-state index in [4.69, 9.17) is 24.3 Å². The van der Waals surface area contributed by atoms with Gasteiger partial charge in [-0.25, -0.2) is 14.1 Å². The van der Waals surface area contributed by atoms with Crippen molar-refractivity contribution in [1.82, 2.24) is 20.1 Å².